The fraction of sp³-hybridized carbons (Fsp3) is 0.176. The molecule has 1 heterocycles. The van der Waals surface area contributed by atoms with E-state index in [9.17, 15) is 18.4 Å². The topological polar surface area (TPSA) is 49.4 Å². The van der Waals surface area contributed by atoms with Crippen molar-refractivity contribution in [3.05, 3.63) is 69.2 Å². The monoisotopic (exact) mass is 384 g/mol. The maximum Gasteiger partial charge on any atom is 0.325 e. The van der Waals surface area contributed by atoms with Gasteiger partial charge in [0.25, 0.3) is 5.91 Å². The van der Waals surface area contributed by atoms with Gasteiger partial charge in [-0.25, -0.2) is 13.6 Å². The highest BCUT2D eigenvalue weighted by molar-refractivity contribution is 6.36. The number of imide groups is 1. The fourth-order valence-electron chi connectivity index (χ4n) is 2.68. The van der Waals surface area contributed by atoms with Gasteiger partial charge in [0.15, 0.2) is 11.6 Å². The summed E-state index contributed by atoms with van der Waals surface area (Å²) in [5, 5.41) is 3.14. The minimum atomic E-state index is -1.51. The van der Waals surface area contributed by atoms with E-state index in [0.717, 1.165) is 17.0 Å². The van der Waals surface area contributed by atoms with E-state index in [1.165, 1.54) is 13.0 Å². The molecule has 8 heteroatoms. The Balaban J connectivity index is 1.95. The number of urea groups is 1. The molecule has 1 N–H and O–H groups in total. The second kappa shape index (κ2) is 6.28. The van der Waals surface area contributed by atoms with E-state index in [1.807, 2.05) is 0 Å². The standard InChI is InChI=1S/C17H12Cl2F2N2O2/c1-17(9-5-6-13(20)14(21)7-9)15(24)23(16(25)22-17)8-10-11(18)3-2-4-12(10)19/h2-7H,8H2,1H3,(H,22,25). The van der Waals surface area contributed by atoms with Gasteiger partial charge in [0.1, 0.15) is 5.54 Å². The third kappa shape index (κ3) is 2.96. The van der Waals surface area contributed by atoms with E-state index in [0.29, 0.717) is 15.6 Å². The smallest absolute Gasteiger partial charge is 0.319 e. The van der Waals surface area contributed by atoms with E-state index >= 15 is 0 Å². The van der Waals surface area contributed by atoms with Gasteiger partial charge < -0.3 is 5.32 Å². The van der Waals surface area contributed by atoms with Crippen LogP contribution in [0.3, 0.4) is 0 Å². The Bertz CT molecular complexity index is 871. The SMILES string of the molecule is CC1(c2ccc(F)c(F)c2)NC(=O)N(Cc2c(Cl)cccc2Cl)C1=O. The number of hydrogen-bond acceptors (Lipinski definition) is 2. The molecule has 2 aromatic carbocycles. The molecule has 2 aromatic rings. The summed E-state index contributed by atoms with van der Waals surface area (Å²) in [4.78, 5) is 26.0. The van der Waals surface area contributed by atoms with Crippen molar-refractivity contribution in [1.82, 2.24) is 10.2 Å². The van der Waals surface area contributed by atoms with E-state index in [-0.39, 0.29) is 12.1 Å². The lowest BCUT2D eigenvalue weighted by molar-refractivity contribution is -0.131. The van der Waals surface area contributed by atoms with E-state index in [2.05, 4.69) is 5.32 Å². The number of benzene rings is 2. The molecule has 1 fully saturated rings. The molecular weight excluding hydrogens is 373 g/mol. The molecule has 3 rings (SSSR count). The number of hydrogen-bond donors (Lipinski definition) is 1. The quantitative estimate of drug-likeness (QED) is 0.804. The van der Waals surface area contributed by atoms with E-state index < -0.39 is 29.1 Å². The average molecular weight is 385 g/mol. The van der Waals surface area contributed by atoms with Crippen molar-refractivity contribution in [2.75, 3.05) is 0 Å². The molecule has 1 atom stereocenters. The van der Waals surface area contributed by atoms with Crippen molar-refractivity contribution in [3.63, 3.8) is 0 Å². The van der Waals surface area contributed by atoms with Gasteiger partial charge in [-0.05, 0) is 36.8 Å². The number of nitrogens with zero attached hydrogens (tertiary/aromatic N) is 1. The third-order valence-electron chi connectivity index (χ3n) is 4.15. The molecule has 1 saturated heterocycles. The number of amides is 3. The van der Waals surface area contributed by atoms with Gasteiger partial charge in [-0.15, -0.1) is 0 Å². The highest BCUT2D eigenvalue weighted by atomic mass is 35.5. The summed E-state index contributed by atoms with van der Waals surface area (Å²) in [7, 11) is 0. The van der Waals surface area contributed by atoms with Crippen LogP contribution in [0.4, 0.5) is 13.6 Å². The molecule has 0 saturated carbocycles. The summed E-state index contributed by atoms with van der Waals surface area (Å²) in [6.07, 6.45) is 0. The lowest BCUT2D eigenvalue weighted by atomic mass is 9.92. The molecule has 3 amide bonds. The van der Waals surface area contributed by atoms with E-state index in [4.69, 9.17) is 23.2 Å². The Labute approximate surface area is 152 Å². The molecule has 1 unspecified atom stereocenters. The van der Waals surface area contributed by atoms with Crippen LogP contribution in [-0.4, -0.2) is 16.8 Å². The zero-order valence-electron chi connectivity index (χ0n) is 12.9. The molecule has 0 aromatic heterocycles. The maximum atomic E-state index is 13.5. The first-order valence-corrected chi connectivity index (χ1v) is 8.02. The first kappa shape index (κ1) is 17.6. The van der Waals surface area contributed by atoms with Crippen molar-refractivity contribution >= 4 is 35.1 Å². The molecular formula is C17H12Cl2F2N2O2. The van der Waals surface area contributed by atoms with E-state index in [1.54, 1.807) is 18.2 Å². The number of carbonyl (C=O) groups excluding carboxylic acids is 2. The van der Waals surface area contributed by atoms with Gasteiger partial charge in [-0.3, -0.25) is 9.69 Å². The van der Waals surface area contributed by atoms with Crippen LogP contribution < -0.4 is 5.32 Å². The van der Waals surface area contributed by atoms with Gasteiger partial charge in [-0.2, -0.15) is 0 Å². The summed E-state index contributed by atoms with van der Waals surface area (Å²) in [6.45, 7) is 1.29. The average Bonchev–Trinajstić information content (AvgIpc) is 2.77. The Kier molecular flexibility index (Phi) is 4.43. The van der Waals surface area contributed by atoms with Crippen LogP contribution >= 0.6 is 23.2 Å². The zero-order valence-corrected chi connectivity index (χ0v) is 14.5. The second-order valence-corrected chi connectivity index (χ2v) is 6.59. The van der Waals surface area contributed by atoms with Crippen LogP contribution in [0.25, 0.3) is 0 Å². The first-order chi connectivity index (χ1) is 11.7. The van der Waals surface area contributed by atoms with Crippen molar-refractivity contribution in [1.29, 1.82) is 0 Å². The summed E-state index contributed by atoms with van der Waals surface area (Å²) >= 11 is 12.2. The lowest BCUT2D eigenvalue weighted by Crippen LogP contribution is -2.41. The Hall–Kier alpha value is -2.18. The van der Waals surface area contributed by atoms with Gasteiger partial charge >= 0.3 is 6.03 Å². The van der Waals surface area contributed by atoms with Crippen LogP contribution in [0.5, 0.6) is 0 Å². The molecule has 25 heavy (non-hydrogen) atoms. The van der Waals surface area contributed by atoms with Crippen LogP contribution in [0.1, 0.15) is 18.1 Å². The molecule has 0 radical (unpaired) electrons. The van der Waals surface area contributed by atoms with Gasteiger partial charge in [0, 0.05) is 15.6 Å². The summed E-state index contributed by atoms with van der Waals surface area (Å²) in [6, 6.07) is 7.20. The van der Waals surface area contributed by atoms with Crippen molar-refractivity contribution in [2.45, 2.75) is 19.0 Å². The maximum absolute atomic E-state index is 13.5. The summed E-state index contributed by atoms with van der Waals surface area (Å²) in [5.74, 6) is -2.75. The van der Waals surface area contributed by atoms with Crippen LogP contribution in [0.15, 0.2) is 36.4 Å². The molecule has 1 aliphatic heterocycles. The molecule has 0 bridgehead atoms. The summed E-state index contributed by atoms with van der Waals surface area (Å²) in [5.41, 5.74) is -0.958. The second-order valence-electron chi connectivity index (χ2n) is 5.78. The minimum absolute atomic E-state index is 0.136. The van der Waals surface area contributed by atoms with Gasteiger partial charge in [-0.1, -0.05) is 35.3 Å². The first-order valence-electron chi connectivity index (χ1n) is 7.26. The molecule has 0 aliphatic carbocycles. The number of nitrogens with one attached hydrogen (secondary N) is 1. The Morgan fingerprint density at radius 1 is 1.08 bits per heavy atom. The molecule has 0 spiro atoms. The molecule has 1 aliphatic rings. The zero-order chi connectivity index (χ0) is 18.4. The summed E-state index contributed by atoms with van der Waals surface area (Å²) < 4.78 is 26.7. The molecule has 4 nitrogen and oxygen atoms in total. The van der Waals surface area contributed by atoms with Crippen molar-refractivity contribution in [3.8, 4) is 0 Å². The predicted octanol–water partition coefficient (Wildman–Crippen LogP) is 4.24. The predicted molar refractivity (Wildman–Crippen MR) is 89.3 cm³/mol. The lowest BCUT2D eigenvalue weighted by Gasteiger charge is -2.22. The Morgan fingerprint density at radius 3 is 2.32 bits per heavy atom. The van der Waals surface area contributed by atoms with Crippen LogP contribution in [-0.2, 0) is 16.9 Å². The number of carbonyl (C=O) groups is 2. The minimum Gasteiger partial charge on any atom is -0.319 e. The van der Waals surface area contributed by atoms with Gasteiger partial charge in [0.2, 0.25) is 0 Å². The van der Waals surface area contributed by atoms with Gasteiger partial charge in [0.05, 0.1) is 6.54 Å². The highest BCUT2D eigenvalue weighted by Gasteiger charge is 2.49. The molecule has 130 valence electrons. The number of rotatable bonds is 3. The Morgan fingerprint density at radius 2 is 1.72 bits per heavy atom. The van der Waals surface area contributed by atoms with Crippen LogP contribution in [0, 0.1) is 11.6 Å². The fourth-order valence-corrected chi connectivity index (χ4v) is 3.20. The largest absolute Gasteiger partial charge is 0.325 e. The highest BCUT2D eigenvalue weighted by Crippen LogP contribution is 2.33. The van der Waals surface area contributed by atoms with Crippen molar-refractivity contribution in [2.24, 2.45) is 0 Å². The third-order valence-corrected chi connectivity index (χ3v) is 4.86. The normalized spacial score (nSPS) is 20.1. The van der Waals surface area contributed by atoms with Crippen LogP contribution in [0.2, 0.25) is 10.0 Å². The number of halogens is 4. The van der Waals surface area contributed by atoms with Crippen molar-refractivity contribution < 1.29 is 18.4 Å².